The summed E-state index contributed by atoms with van der Waals surface area (Å²) >= 11 is 0. The van der Waals surface area contributed by atoms with Crippen LogP contribution in [0.1, 0.15) is 20.8 Å². The molecule has 0 unspecified atom stereocenters. The topological polar surface area (TPSA) is 20.2 Å². The summed E-state index contributed by atoms with van der Waals surface area (Å²) in [6.07, 6.45) is 0. The second-order valence-electron chi connectivity index (χ2n) is 2.17. The molecule has 0 spiro atoms. The van der Waals surface area contributed by atoms with Gasteiger partial charge in [-0.25, -0.2) is 0 Å². The Balaban J connectivity index is -0.0000000800. The molecule has 0 aromatic heterocycles. The van der Waals surface area contributed by atoms with Crippen LogP contribution >= 0.6 is 0 Å². The van der Waals surface area contributed by atoms with E-state index in [0.29, 0.717) is 0 Å². The number of hydrogen-bond acceptors (Lipinski definition) is 1. The molecule has 0 saturated carbocycles. The molecule has 0 aromatic rings. The normalized spacial score (nSPS) is 8.57. The first kappa shape index (κ1) is 16.1. The van der Waals surface area contributed by atoms with Crippen molar-refractivity contribution in [2.45, 2.75) is 26.4 Å². The van der Waals surface area contributed by atoms with Crippen LogP contribution in [0.3, 0.4) is 0 Å². The Morgan fingerprint density at radius 1 is 1.14 bits per heavy atom. The Labute approximate surface area is 99.8 Å². The fourth-order valence-corrected chi connectivity index (χ4v) is 0. The van der Waals surface area contributed by atoms with E-state index >= 15 is 0 Å². The molecule has 0 heterocycles. The van der Waals surface area contributed by atoms with Crippen LogP contribution in [-0.4, -0.2) is 81.0 Å². The van der Waals surface area contributed by atoms with Crippen molar-refractivity contribution >= 4 is 70.2 Å². The Hall–Kier alpha value is 2.19. The van der Waals surface area contributed by atoms with Gasteiger partial charge in [0.05, 0.1) is 5.60 Å². The van der Waals surface area contributed by atoms with Crippen molar-refractivity contribution in [1.29, 1.82) is 0 Å². The summed E-state index contributed by atoms with van der Waals surface area (Å²) in [4.78, 5) is 0. The summed E-state index contributed by atoms with van der Waals surface area (Å²) in [5, 5.41) is 8.52. The van der Waals surface area contributed by atoms with Crippen molar-refractivity contribution in [1.82, 2.24) is 0 Å². The van der Waals surface area contributed by atoms with E-state index in [1.807, 2.05) is 0 Å². The van der Waals surface area contributed by atoms with Crippen LogP contribution in [0.15, 0.2) is 0 Å². The van der Waals surface area contributed by atoms with Crippen molar-refractivity contribution < 1.29 is 5.11 Å². The van der Waals surface area contributed by atoms with Gasteiger partial charge in [0.1, 0.15) is 0 Å². The third kappa shape index (κ3) is 65.3. The van der Waals surface area contributed by atoms with Crippen LogP contribution < -0.4 is 0 Å². The van der Waals surface area contributed by atoms with Crippen molar-refractivity contribution in [3.63, 3.8) is 0 Å². The molecule has 0 fully saturated rings. The summed E-state index contributed by atoms with van der Waals surface area (Å²) < 4.78 is 0. The summed E-state index contributed by atoms with van der Waals surface area (Å²) in [5.74, 6) is 0. The molecule has 0 radical (unpaired) electrons. The van der Waals surface area contributed by atoms with Crippen molar-refractivity contribution in [3.8, 4) is 0 Å². The molecule has 0 aliphatic heterocycles. The zero-order valence-electron chi connectivity index (χ0n) is 3.95. The standard InChI is InChI=1S/C4H10O.K.Li.2H/c1-4(2,3)5;;;;/h5H,1-3H3;;;;. The molecule has 1 N–H and O–H groups in total. The molecule has 0 atom stereocenters. The third-order valence-electron chi connectivity index (χ3n) is 0. The van der Waals surface area contributed by atoms with E-state index in [4.69, 9.17) is 5.11 Å². The molecule has 7 heavy (non-hydrogen) atoms. The second kappa shape index (κ2) is 6.32. The van der Waals surface area contributed by atoms with E-state index in [-0.39, 0.29) is 70.2 Å². The number of hydrogen-bond donors (Lipinski definition) is 1. The van der Waals surface area contributed by atoms with Gasteiger partial charge in [0, 0.05) is 0 Å². The van der Waals surface area contributed by atoms with E-state index in [2.05, 4.69) is 0 Å². The van der Waals surface area contributed by atoms with Crippen LogP contribution in [-0.2, 0) is 0 Å². The minimum atomic E-state index is -0.500. The Bertz CT molecular complexity index is 27.2. The molecule has 36 valence electrons. The van der Waals surface area contributed by atoms with Crippen LogP contribution in [0.2, 0.25) is 0 Å². The van der Waals surface area contributed by atoms with E-state index in [1.165, 1.54) is 0 Å². The van der Waals surface area contributed by atoms with Gasteiger partial charge in [-0.05, 0) is 20.8 Å². The molecule has 0 aliphatic carbocycles. The maximum atomic E-state index is 8.52. The van der Waals surface area contributed by atoms with Crippen molar-refractivity contribution in [2.75, 3.05) is 0 Å². The summed E-state index contributed by atoms with van der Waals surface area (Å²) in [5.41, 5.74) is -0.500. The predicted molar refractivity (Wildman–Crippen MR) is 36.3 cm³/mol. The first-order valence-corrected chi connectivity index (χ1v) is 1.72. The van der Waals surface area contributed by atoms with Gasteiger partial charge in [-0.2, -0.15) is 0 Å². The Morgan fingerprint density at radius 2 is 1.14 bits per heavy atom. The van der Waals surface area contributed by atoms with E-state index < -0.39 is 5.60 Å². The molecule has 0 aromatic carbocycles. The Kier molecular flexibility index (Phi) is 14.5. The van der Waals surface area contributed by atoms with Crippen LogP contribution in [0, 0.1) is 0 Å². The third-order valence-corrected chi connectivity index (χ3v) is 0. The fourth-order valence-electron chi connectivity index (χ4n) is 0. The van der Waals surface area contributed by atoms with Gasteiger partial charge in [0.2, 0.25) is 0 Å². The quantitative estimate of drug-likeness (QED) is 0.429. The first-order chi connectivity index (χ1) is 2.00. The molecule has 0 rings (SSSR count). The molecule has 1 nitrogen and oxygen atoms in total. The van der Waals surface area contributed by atoms with E-state index in [0.717, 1.165) is 0 Å². The fraction of sp³-hybridized carbons (Fsp3) is 1.00. The zero-order valence-corrected chi connectivity index (χ0v) is 3.95. The van der Waals surface area contributed by atoms with Crippen molar-refractivity contribution in [2.24, 2.45) is 0 Å². The van der Waals surface area contributed by atoms with Gasteiger partial charge in [0.15, 0.2) is 0 Å². The van der Waals surface area contributed by atoms with Gasteiger partial charge in [0.25, 0.3) is 0 Å². The average Bonchev–Trinajstić information content (AvgIpc) is 0.722. The summed E-state index contributed by atoms with van der Waals surface area (Å²) in [6.45, 7) is 5.23. The maximum absolute atomic E-state index is 8.52. The van der Waals surface area contributed by atoms with Gasteiger partial charge in [-0.1, -0.05) is 0 Å². The van der Waals surface area contributed by atoms with Gasteiger partial charge < -0.3 is 5.11 Å². The molecular weight excluding hydrogens is 110 g/mol. The summed E-state index contributed by atoms with van der Waals surface area (Å²) in [7, 11) is 0. The zero-order chi connectivity index (χ0) is 4.50. The van der Waals surface area contributed by atoms with E-state index in [1.54, 1.807) is 20.8 Å². The monoisotopic (exact) mass is 122 g/mol. The van der Waals surface area contributed by atoms with E-state index in [9.17, 15) is 0 Å². The van der Waals surface area contributed by atoms with Crippen molar-refractivity contribution in [3.05, 3.63) is 0 Å². The number of aliphatic hydroxyl groups is 1. The minimum absolute atomic E-state index is 0. The number of rotatable bonds is 0. The molecule has 0 aliphatic rings. The van der Waals surface area contributed by atoms with Gasteiger partial charge in [-0.15, -0.1) is 0 Å². The van der Waals surface area contributed by atoms with Gasteiger partial charge in [-0.3, -0.25) is 0 Å². The van der Waals surface area contributed by atoms with Crippen LogP contribution in [0.25, 0.3) is 0 Å². The predicted octanol–water partition coefficient (Wildman–Crippen LogP) is -0.520. The van der Waals surface area contributed by atoms with Gasteiger partial charge >= 0.3 is 70.2 Å². The molecule has 3 heteroatoms. The molecule has 0 saturated heterocycles. The average molecular weight is 122 g/mol. The first-order valence-electron chi connectivity index (χ1n) is 1.72. The summed E-state index contributed by atoms with van der Waals surface area (Å²) in [6, 6.07) is 0. The molecule has 0 bridgehead atoms. The second-order valence-corrected chi connectivity index (χ2v) is 2.17. The SMILES string of the molecule is CC(C)(C)O.[KH].[LiH]. The molecular formula is C4H12KLiO. The van der Waals surface area contributed by atoms with Crippen LogP contribution in [0.5, 0.6) is 0 Å². The molecule has 0 amide bonds. The van der Waals surface area contributed by atoms with Crippen LogP contribution in [0.4, 0.5) is 0 Å². The Morgan fingerprint density at radius 3 is 1.14 bits per heavy atom.